The van der Waals surface area contributed by atoms with Crippen molar-refractivity contribution in [3.63, 3.8) is 0 Å². The second-order valence-corrected chi connectivity index (χ2v) is 9.21. The molecule has 1 aromatic heterocycles. The number of aromatic nitrogens is 2. The molecule has 0 aliphatic heterocycles. The molecule has 32 heavy (non-hydrogen) atoms. The predicted molar refractivity (Wildman–Crippen MR) is 133 cm³/mol. The molecular formula is C29H21ClN2. The molecule has 0 saturated heterocycles. The lowest BCUT2D eigenvalue weighted by Gasteiger charge is -2.22. The third kappa shape index (κ3) is 2.87. The van der Waals surface area contributed by atoms with Crippen molar-refractivity contribution in [3.05, 3.63) is 107 Å². The summed E-state index contributed by atoms with van der Waals surface area (Å²) in [5, 5.41) is 1.27. The van der Waals surface area contributed by atoms with Crippen LogP contribution in [0.4, 0.5) is 0 Å². The number of nitrogens with zero attached hydrogens (tertiary/aromatic N) is 2. The summed E-state index contributed by atoms with van der Waals surface area (Å²) >= 11 is 6.40. The number of rotatable bonds is 2. The monoisotopic (exact) mass is 432 g/mol. The summed E-state index contributed by atoms with van der Waals surface area (Å²) in [5.41, 5.74) is 10.3. The van der Waals surface area contributed by atoms with Crippen LogP contribution in [0.25, 0.3) is 44.4 Å². The quantitative estimate of drug-likeness (QED) is 0.265. The van der Waals surface area contributed by atoms with E-state index in [2.05, 4.69) is 96.6 Å². The molecule has 5 aromatic rings. The van der Waals surface area contributed by atoms with Gasteiger partial charge in [0.05, 0.1) is 11.2 Å². The maximum absolute atomic E-state index is 6.40. The van der Waals surface area contributed by atoms with E-state index in [0.717, 1.165) is 33.3 Å². The highest BCUT2D eigenvalue weighted by Gasteiger charge is 2.35. The molecule has 0 unspecified atom stereocenters. The van der Waals surface area contributed by atoms with Crippen molar-refractivity contribution < 1.29 is 0 Å². The molecule has 0 fully saturated rings. The Kier molecular flexibility index (Phi) is 4.21. The van der Waals surface area contributed by atoms with Gasteiger partial charge in [-0.1, -0.05) is 86.6 Å². The zero-order valence-electron chi connectivity index (χ0n) is 17.9. The minimum absolute atomic E-state index is 0.0605. The highest BCUT2D eigenvalue weighted by atomic mass is 35.5. The highest BCUT2D eigenvalue weighted by Crippen LogP contribution is 2.49. The topological polar surface area (TPSA) is 25.8 Å². The lowest BCUT2D eigenvalue weighted by molar-refractivity contribution is 0.660. The van der Waals surface area contributed by atoms with E-state index >= 15 is 0 Å². The highest BCUT2D eigenvalue weighted by molar-refractivity contribution is 6.29. The molecule has 0 bridgehead atoms. The minimum atomic E-state index is -0.0605. The average molecular weight is 433 g/mol. The first-order valence-corrected chi connectivity index (χ1v) is 11.2. The normalized spacial score (nSPS) is 13.7. The zero-order chi connectivity index (χ0) is 21.9. The number of halogens is 1. The van der Waals surface area contributed by atoms with E-state index in [1.165, 1.54) is 22.3 Å². The van der Waals surface area contributed by atoms with Gasteiger partial charge in [-0.3, -0.25) is 0 Å². The summed E-state index contributed by atoms with van der Waals surface area (Å²) in [6, 6.07) is 32.0. The van der Waals surface area contributed by atoms with E-state index < -0.39 is 0 Å². The Bertz CT molecular complexity index is 1500. The third-order valence-corrected chi connectivity index (χ3v) is 6.80. The first-order valence-electron chi connectivity index (χ1n) is 10.8. The molecule has 154 valence electrons. The van der Waals surface area contributed by atoms with Crippen LogP contribution in [0.1, 0.15) is 25.0 Å². The summed E-state index contributed by atoms with van der Waals surface area (Å²) in [5.74, 6) is 0. The predicted octanol–water partition coefficient (Wildman–Crippen LogP) is 7.92. The van der Waals surface area contributed by atoms with Gasteiger partial charge in [-0.2, -0.15) is 0 Å². The molecule has 0 N–H and O–H groups in total. The summed E-state index contributed by atoms with van der Waals surface area (Å²) in [4.78, 5) is 9.19. The first kappa shape index (κ1) is 19.2. The fourth-order valence-corrected chi connectivity index (χ4v) is 5.16. The van der Waals surface area contributed by atoms with Gasteiger partial charge in [-0.25, -0.2) is 9.97 Å². The van der Waals surface area contributed by atoms with Crippen molar-refractivity contribution in [1.82, 2.24) is 9.97 Å². The van der Waals surface area contributed by atoms with Crippen LogP contribution >= 0.6 is 11.6 Å². The third-order valence-electron chi connectivity index (χ3n) is 6.63. The van der Waals surface area contributed by atoms with Crippen molar-refractivity contribution in [2.24, 2.45) is 0 Å². The Hall–Kier alpha value is -3.49. The zero-order valence-corrected chi connectivity index (χ0v) is 18.7. The average Bonchev–Trinajstić information content (AvgIpc) is 3.05. The lowest BCUT2D eigenvalue weighted by atomic mass is 9.82. The first-order chi connectivity index (χ1) is 15.5. The standard InChI is InChI=1S/C29H21ClN2/c1-29(2)24-11-7-6-10-21(24)22-14-13-20(16-25(22)29)27-23-15-12-19(18-8-4-3-5-9-18)17-26(23)31-28(30)32-27/h3-17H,1-2H3. The number of fused-ring (bicyclic) bond motifs is 4. The van der Waals surface area contributed by atoms with Crippen molar-refractivity contribution >= 4 is 22.5 Å². The molecule has 6 rings (SSSR count). The molecule has 1 aliphatic rings. The van der Waals surface area contributed by atoms with Gasteiger partial charge in [0.25, 0.3) is 0 Å². The number of hydrogen-bond donors (Lipinski definition) is 0. The Morgan fingerprint density at radius 2 is 1.34 bits per heavy atom. The van der Waals surface area contributed by atoms with E-state index in [4.69, 9.17) is 11.6 Å². The maximum Gasteiger partial charge on any atom is 0.223 e. The largest absolute Gasteiger partial charge is 0.223 e. The van der Waals surface area contributed by atoms with Crippen LogP contribution in [-0.4, -0.2) is 9.97 Å². The fourth-order valence-electron chi connectivity index (χ4n) is 4.98. The molecule has 0 saturated carbocycles. The van der Waals surface area contributed by atoms with Crippen molar-refractivity contribution in [2.45, 2.75) is 19.3 Å². The van der Waals surface area contributed by atoms with E-state index in [1.807, 2.05) is 18.2 Å². The Labute approximate surface area is 192 Å². The van der Waals surface area contributed by atoms with Gasteiger partial charge in [0.15, 0.2) is 0 Å². The summed E-state index contributed by atoms with van der Waals surface area (Å²) in [6.45, 7) is 4.58. The molecule has 1 heterocycles. The molecule has 0 atom stereocenters. The van der Waals surface area contributed by atoms with Crippen molar-refractivity contribution in [2.75, 3.05) is 0 Å². The van der Waals surface area contributed by atoms with Crippen LogP contribution in [-0.2, 0) is 5.41 Å². The van der Waals surface area contributed by atoms with E-state index in [1.54, 1.807) is 0 Å². The molecule has 3 heteroatoms. The molecule has 4 aromatic carbocycles. The lowest BCUT2D eigenvalue weighted by Crippen LogP contribution is -2.14. The second-order valence-electron chi connectivity index (χ2n) is 8.87. The van der Waals surface area contributed by atoms with Gasteiger partial charge in [0.2, 0.25) is 5.28 Å². The SMILES string of the molecule is CC1(C)c2ccccc2-c2ccc(-c3nc(Cl)nc4cc(-c5ccccc5)ccc34)cc21. The van der Waals surface area contributed by atoms with Crippen LogP contribution in [0.3, 0.4) is 0 Å². The fraction of sp³-hybridized carbons (Fsp3) is 0.103. The van der Waals surface area contributed by atoms with Crippen molar-refractivity contribution in [3.8, 4) is 33.5 Å². The summed E-state index contributed by atoms with van der Waals surface area (Å²) in [6.07, 6.45) is 0. The van der Waals surface area contributed by atoms with Gasteiger partial charge in [0, 0.05) is 16.4 Å². The Morgan fingerprint density at radius 1 is 0.625 bits per heavy atom. The van der Waals surface area contributed by atoms with Gasteiger partial charge >= 0.3 is 0 Å². The van der Waals surface area contributed by atoms with Gasteiger partial charge in [0.1, 0.15) is 0 Å². The molecule has 1 aliphatic carbocycles. The second kappa shape index (κ2) is 7.01. The smallest absolute Gasteiger partial charge is 0.218 e. The molecule has 0 amide bonds. The van der Waals surface area contributed by atoms with Crippen LogP contribution < -0.4 is 0 Å². The molecule has 0 spiro atoms. The minimum Gasteiger partial charge on any atom is -0.218 e. The van der Waals surface area contributed by atoms with E-state index in [9.17, 15) is 0 Å². The van der Waals surface area contributed by atoms with Gasteiger partial charge in [-0.15, -0.1) is 0 Å². The van der Waals surface area contributed by atoms with Crippen LogP contribution in [0.5, 0.6) is 0 Å². The van der Waals surface area contributed by atoms with Crippen LogP contribution in [0.15, 0.2) is 91.0 Å². The van der Waals surface area contributed by atoms with Crippen molar-refractivity contribution in [1.29, 1.82) is 0 Å². The van der Waals surface area contributed by atoms with Crippen LogP contribution in [0.2, 0.25) is 5.28 Å². The van der Waals surface area contributed by atoms with Crippen LogP contribution in [0, 0.1) is 0 Å². The number of benzene rings is 4. The summed E-state index contributed by atoms with van der Waals surface area (Å²) < 4.78 is 0. The molecular weight excluding hydrogens is 412 g/mol. The van der Waals surface area contributed by atoms with Gasteiger partial charge in [-0.05, 0) is 63.2 Å². The maximum atomic E-state index is 6.40. The Morgan fingerprint density at radius 3 is 2.19 bits per heavy atom. The molecule has 2 nitrogen and oxygen atoms in total. The molecule has 0 radical (unpaired) electrons. The van der Waals surface area contributed by atoms with Gasteiger partial charge < -0.3 is 0 Å². The van der Waals surface area contributed by atoms with E-state index in [0.29, 0.717) is 0 Å². The summed E-state index contributed by atoms with van der Waals surface area (Å²) in [7, 11) is 0. The van der Waals surface area contributed by atoms with E-state index in [-0.39, 0.29) is 10.7 Å². The Balaban J connectivity index is 1.53. The number of hydrogen-bond acceptors (Lipinski definition) is 2.